The van der Waals surface area contributed by atoms with Gasteiger partial charge in [0, 0.05) is 13.1 Å². The van der Waals surface area contributed by atoms with Crippen molar-refractivity contribution in [2.24, 2.45) is 5.92 Å². The number of phenolic OH excluding ortho intramolecular Hbond substituents is 1. The number of rotatable bonds is 4. The maximum atomic E-state index is 12.3. The fourth-order valence-electron chi connectivity index (χ4n) is 1.88. The zero-order chi connectivity index (χ0) is 12.6. The summed E-state index contributed by atoms with van der Waals surface area (Å²) in [4.78, 5) is 0.227. The number of sulfonamides is 1. The maximum absolute atomic E-state index is 12.3. The highest BCUT2D eigenvalue weighted by atomic mass is 32.2. The average Bonchev–Trinajstić information content (AvgIpc) is 3.11. The summed E-state index contributed by atoms with van der Waals surface area (Å²) >= 11 is 0. The van der Waals surface area contributed by atoms with Crippen molar-refractivity contribution in [1.29, 1.82) is 0 Å². The molecule has 0 aromatic heterocycles. The SMILES string of the molecule is CC(C1CC1)N(C)S(=O)(=O)c1ccc(O)cc1. The van der Waals surface area contributed by atoms with Gasteiger partial charge in [-0.15, -0.1) is 0 Å². The smallest absolute Gasteiger partial charge is 0.243 e. The Morgan fingerprint density at radius 1 is 1.29 bits per heavy atom. The van der Waals surface area contributed by atoms with Crippen molar-refractivity contribution in [1.82, 2.24) is 4.31 Å². The lowest BCUT2D eigenvalue weighted by atomic mass is 10.2. The van der Waals surface area contributed by atoms with Crippen LogP contribution in [0.3, 0.4) is 0 Å². The molecule has 17 heavy (non-hydrogen) atoms. The van der Waals surface area contributed by atoms with Crippen LogP contribution in [0.15, 0.2) is 29.2 Å². The van der Waals surface area contributed by atoms with Crippen LogP contribution < -0.4 is 0 Å². The van der Waals surface area contributed by atoms with Gasteiger partial charge in [0.15, 0.2) is 0 Å². The van der Waals surface area contributed by atoms with E-state index in [2.05, 4.69) is 0 Å². The molecule has 0 bridgehead atoms. The van der Waals surface area contributed by atoms with Crippen molar-refractivity contribution in [3.05, 3.63) is 24.3 Å². The molecule has 1 aromatic carbocycles. The lowest BCUT2D eigenvalue weighted by Crippen LogP contribution is -2.36. The number of nitrogens with zero attached hydrogens (tertiary/aromatic N) is 1. The summed E-state index contributed by atoms with van der Waals surface area (Å²) < 4.78 is 26.0. The van der Waals surface area contributed by atoms with Crippen LogP contribution in [0.2, 0.25) is 0 Å². The molecule has 2 rings (SSSR count). The molecule has 1 fully saturated rings. The molecule has 0 radical (unpaired) electrons. The fourth-order valence-corrected chi connectivity index (χ4v) is 3.30. The third-order valence-electron chi connectivity index (χ3n) is 3.39. The van der Waals surface area contributed by atoms with Crippen molar-refractivity contribution >= 4 is 10.0 Å². The molecule has 1 atom stereocenters. The Hall–Kier alpha value is -1.07. The Kier molecular flexibility index (Phi) is 3.14. The molecule has 1 saturated carbocycles. The monoisotopic (exact) mass is 255 g/mol. The summed E-state index contributed by atoms with van der Waals surface area (Å²) in [6.45, 7) is 1.94. The molecular formula is C12H17NO3S. The van der Waals surface area contributed by atoms with Gasteiger partial charge in [0.05, 0.1) is 4.90 Å². The van der Waals surface area contributed by atoms with Crippen LogP contribution in [0.1, 0.15) is 19.8 Å². The first-order chi connectivity index (χ1) is 7.93. The quantitative estimate of drug-likeness (QED) is 0.892. The molecule has 1 unspecified atom stereocenters. The molecule has 0 saturated heterocycles. The molecule has 0 heterocycles. The molecule has 1 aliphatic carbocycles. The van der Waals surface area contributed by atoms with Crippen LogP contribution in [-0.2, 0) is 10.0 Å². The van der Waals surface area contributed by atoms with Crippen LogP contribution in [-0.4, -0.2) is 30.9 Å². The topological polar surface area (TPSA) is 57.6 Å². The number of benzene rings is 1. The van der Waals surface area contributed by atoms with Gasteiger partial charge in [-0.1, -0.05) is 0 Å². The van der Waals surface area contributed by atoms with E-state index in [1.54, 1.807) is 7.05 Å². The van der Waals surface area contributed by atoms with Crippen molar-refractivity contribution in [2.45, 2.75) is 30.7 Å². The maximum Gasteiger partial charge on any atom is 0.243 e. The van der Waals surface area contributed by atoms with E-state index >= 15 is 0 Å². The predicted octanol–water partition coefficient (Wildman–Crippen LogP) is 1.81. The van der Waals surface area contributed by atoms with Gasteiger partial charge in [-0.25, -0.2) is 8.42 Å². The predicted molar refractivity (Wildman–Crippen MR) is 65.2 cm³/mol. The van der Waals surface area contributed by atoms with E-state index in [-0.39, 0.29) is 16.7 Å². The van der Waals surface area contributed by atoms with E-state index < -0.39 is 10.0 Å². The van der Waals surface area contributed by atoms with Crippen LogP contribution in [0.25, 0.3) is 0 Å². The molecule has 4 nitrogen and oxygen atoms in total. The Morgan fingerprint density at radius 2 is 1.82 bits per heavy atom. The first-order valence-corrected chi connectivity index (χ1v) is 7.14. The van der Waals surface area contributed by atoms with E-state index in [9.17, 15) is 8.42 Å². The van der Waals surface area contributed by atoms with Crippen LogP contribution in [0, 0.1) is 5.92 Å². The Morgan fingerprint density at radius 3 is 2.29 bits per heavy atom. The van der Waals surface area contributed by atoms with Gasteiger partial charge in [-0.3, -0.25) is 0 Å². The Labute approximate surface area is 102 Å². The number of aromatic hydroxyl groups is 1. The van der Waals surface area contributed by atoms with E-state index in [0.717, 1.165) is 12.8 Å². The first kappa shape index (κ1) is 12.4. The zero-order valence-electron chi connectivity index (χ0n) is 10.00. The van der Waals surface area contributed by atoms with Gasteiger partial charge >= 0.3 is 0 Å². The first-order valence-electron chi connectivity index (χ1n) is 5.70. The molecule has 1 aliphatic rings. The van der Waals surface area contributed by atoms with Gasteiger partial charge in [0.25, 0.3) is 0 Å². The molecule has 0 spiro atoms. The lowest BCUT2D eigenvalue weighted by Gasteiger charge is -2.24. The largest absolute Gasteiger partial charge is 0.508 e. The molecule has 1 aromatic rings. The summed E-state index contributed by atoms with van der Waals surface area (Å²) in [5.41, 5.74) is 0. The van der Waals surface area contributed by atoms with Crippen molar-refractivity contribution < 1.29 is 13.5 Å². The third-order valence-corrected chi connectivity index (χ3v) is 5.35. The van der Waals surface area contributed by atoms with Gasteiger partial charge in [-0.2, -0.15) is 4.31 Å². The summed E-state index contributed by atoms with van der Waals surface area (Å²) in [5.74, 6) is 0.564. The van der Waals surface area contributed by atoms with Gasteiger partial charge < -0.3 is 5.11 Å². The van der Waals surface area contributed by atoms with Crippen molar-refractivity contribution in [2.75, 3.05) is 7.05 Å². The molecule has 1 N–H and O–H groups in total. The number of hydrogen-bond donors (Lipinski definition) is 1. The Balaban J connectivity index is 2.25. The highest BCUT2D eigenvalue weighted by Crippen LogP contribution is 2.36. The molecule has 94 valence electrons. The summed E-state index contributed by atoms with van der Waals surface area (Å²) in [6.07, 6.45) is 2.22. The minimum absolute atomic E-state index is 0.0359. The van der Waals surface area contributed by atoms with Crippen molar-refractivity contribution in [3.63, 3.8) is 0 Å². The van der Waals surface area contributed by atoms with Gasteiger partial charge in [-0.05, 0) is 49.9 Å². The number of phenols is 1. The second-order valence-electron chi connectivity index (χ2n) is 4.59. The van der Waals surface area contributed by atoms with Crippen LogP contribution in [0.4, 0.5) is 0 Å². The van der Waals surface area contributed by atoms with E-state index in [1.165, 1.54) is 28.6 Å². The van der Waals surface area contributed by atoms with Crippen LogP contribution in [0.5, 0.6) is 5.75 Å². The van der Waals surface area contributed by atoms with Crippen molar-refractivity contribution in [3.8, 4) is 5.75 Å². The number of hydrogen-bond acceptors (Lipinski definition) is 3. The summed E-state index contributed by atoms with van der Waals surface area (Å²) in [6, 6.07) is 5.68. The molecule has 0 aliphatic heterocycles. The zero-order valence-corrected chi connectivity index (χ0v) is 10.8. The molecular weight excluding hydrogens is 238 g/mol. The highest BCUT2D eigenvalue weighted by molar-refractivity contribution is 7.89. The van der Waals surface area contributed by atoms with Gasteiger partial charge in [0.2, 0.25) is 10.0 Å². The molecule has 0 amide bonds. The minimum atomic E-state index is -3.44. The minimum Gasteiger partial charge on any atom is -0.508 e. The van der Waals surface area contributed by atoms with Gasteiger partial charge in [0.1, 0.15) is 5.75 Å². The highest BCUT2D eigenvalue weighted by Gasteiger charge is 2.35. The fraction of sp³-hybridized carbons (Fsp3) is 0.500. The summed E-state index contributed by atoms with van der Waals surface area (Å²) in [7, 11) is -1.82. The van der Waals surface area contributed by atoms with E-state index in [0.29, 0.717) is 5.92 Å². The second-order valence-corrected chi connectivity index (χ2v) is 6.59. The summed E-state index contributed by atoms with van der Waals surface area (Å²) in [5, 5.41) is 9.16. The standard InChI is InChI=1S/C12H17NO3S/c1-9(10-3-4-10)13(2)17(15,16)12-7-5-11(14)6-8-12/h5-10,14H,3-4H2,1-2H3. The Bertz CT molecular complexity index is 491. The van der Waals surface area contributed by atoms with E-state index in [4.69, 9.17) is 5.11 Å². The normalized spacial score (nSPS) is 18.3. The average molecular weight is 255 g/mol. The van der Waals surface area contributed by atoms with Crippen LogP contribution >= 0.6 is 0 Å². The molecule has 5 heteroatoms. The third kappa shape index (κ3) is 2.45. The lowest BCUT2D eigenvalue weighted by molar-refractivity contribution is 0.357. The van der Waals surface area contributed by atoms with E-state index in [1.807, 2.05) is 6.92 Å². The second kappa shape index (κ2) is 4.31.